The molecule has 1 heterocycles. The summed E-state index contributed by atoms with van der Waals surface area (Å²) in [5, 5.41) is 5.04. The fourth-order valence-corrected chi connectivity index (χ4v) is 2.18. The van der Waals surface area contributed by atoms with Crippen molar-refractivity contribution < 1.29 is 23.5 Å². The number of ether oxygens (including phenoxy) is 2. The van der Waals surface area contributed by atoms with Crippen molar-refractivity contribution in [3.05, 3.63) is 29.6 Å². The van der Waals surface area contributed by atoms with Crippen LogP contribution in [0.2, 0.25) is 0 Å². The number of nitrogens with one attached hydrogen (secondary N) is 2. The highest BCUT2D eigenvalue weighted by Gasteiger charge is 2.13. The molecule has 0 saturated carbocycles. The van der Waals surface area contributed by atoms with E-state index in [0.717, 1.165) is 19.2 Å². The molecule has 1 saturated heterocycles. The molecule has 0 spiro atoms. The van der Waals surface area contributed by atoms with Crippen LogP contribution in [0.1, 0.15) is 10.4 Å². The van der Waals surface area contributed by atoms with Crippen molar-refractivity contribution in [2.24, 2.45) is 0 Å². The van der Waals surface area contributed by atoms with Gasteiger partial charge in [-0.25, -0.2) is 14.0 Å². The molecule has 2 N–H and O–H groups in total. The van der Waals surface area contributed by atoms with Gasteiger partial charge in [0.2, 0.25) is 0 Å². The van der Waals surface area contributed by atoms with Crippen molar-refractivity contribution in [1.82, 2.24) is 10.2 Å². The van der Waals surface area contributed by atoms with E-state index in [1.807, 2.05) is 0 Å². The van der Waals surface area contributed by atoms with Gasteiger partial charge in [-0.15, -0.1) is 0 Å². The van der Waals surface area contributed by atoms with Crippen LogP contribution in [0.5, 0.6) is 0 Å². The first kappa shape index (κ1) is 17.2. The maximum Gasteiger partial charge on any atom is 0.337 e. The van der Waals surface area contributed by atoms with E-state index in [1.54, 1.807) is 0 Å². The Hall–Kier alpha value is -2.19. The molecule has 0 unspecified atom stereocenters. The molecule has 0 aliphatic carbocycles. The maximum atomic E-state index is 13.7. The molecule has 1 fully saturated rings. The molecule has 126 valence electrons. The van der Waals surface area contributed by atoms with Crippen molar-refractivity contribution in [3.8, 4) is 0 Å². The van der Waals surface area contributed by atoms with Crippen LogP contribution in [0.15, 0.2) is 18.2 Å². The third kappa shape index (κ3) is 5.19. The molecule has 2 rings (SSSR count). The Morgan fingerprint density at radius 2 is 2.09 bits per heavy atom. The van der Waals surface area contributed by atoms with Crippen LogP contribution in [0, 0.1) is 5.82 Å². The summed E-state index contributed by atoms with van der Waals surface area (Å²) in [6, 6.07) is 3.11. The van der Waals surface area contributed by atoms with Crippen LogP contribution in [0.25, 0.3) is 0 Å². The van der Waals surface area contributed by atoms with E-state index < -0.39 is 17.8 Å². The summed E-state index contributed by atoms with van der Waals surface area (Å²) in [4.78, 5) is 25.4. The Kier molecular flexibility index (Phi) is 6.30. The molecule has 8 heteroatoms. The second kappa shape index (κ2) is 8.44. The second-order valence-electron chi connectivity index (χ2n) is 5.02. The lowest BCUT2D eigenvalue weighted by molar-refractivity contribution is 0.0388. The van der Waals surface area contributed by atoms with Crippen molar-refractivity contribution >= 4 is 17.7 Å². The van der Waals surface area contributed by atoms with E-state index in [0.29, 0.717) is 26.3 Å². The Bertz CT molecular complexity index is 562. The highest BCUT2D eigenvalue weighted by molar-refractivity contribution is 5.94. The fraction of sp³-hybridized carbons (Fsp3) is 0.467. The molecule has 1 aromatic rings. The van der Waals surface area contributed by atoms with Crippen LogP contribution < -0.4 is 10.6 Å². The number of esters is 1. The maximum absolute atomic E-state index is 13.7. The van der Waals surface area contributed by atoms with E-state index in [1.165, 1.54) is 19.2 Å². The summed E-state index contributed by atoms with van der Waals surface area (Å²) < 4.78 is 23.5. The largest absolute Gasteiger partial charge is 0.465 e. The van der Waals surface area contributed by atoms with Gasteiger partial charge in [0.25, 0.3) is 0 Å². The van der Waals surface area contributed by atoms with Crippen LogP contribution in [-0.2, 0) is 9.47 Å². The first-order valence-electron chi connectivity index (χ1n) is 7.33. The summed E-state index contributed by atoms with van der Waals surface area (Å²) in [7, 11) is 1.23. The Labute approximate surface area is 133 Å². The number of benzene rings is 1. The second-order valence-corrected chi connectivity index (χ2v) is 5.02. The Balaban J connectivity index is 1.83. The first-order valence-corrected chi connectivity index (χ1v) is 7.33. The average molecular weight is 325 g/mol. The summed E-state index contributed by atoms with van der Waals surface area (Å²) >= 11 is 0. The van der Waals surface area contributed by atoms with Gasteiger partial charge in [0.15, 0.2) is 0 Å². The average Bonchev–Trinajstić information content (AvgIpc) is 2.57. The third-order valence-electron chi connectivity index (χ3n) is 3.45. The first-order chi connectivity index (χ1) is 11.1. The number of urea groups is 1. The van der Waals surface area contributed by atoms with E-state index in [-0.39, 0.29) is 11.3 Å². The number of amides is 2. The number of carbonyl (C=O) groups is 2. The molecule has 0 bridgehead atoms. The predicted molar refractivity (Wildman–Crippen MR) is 82.0 cm³/mol. The molecule has 0 radical (unpaired) electrons. The number of morpholine rings is 1. The molecule has 0 atom stereocenters. The van der Waals surface area contributed by atoms with E-state index >= 15 is 0 Å². The minimum atomic E-state index is -0.624. The highest BCUT2D eigenvalue weighted by Crippen LogP contribution is 2.16. The van der Waals surface area contributed by atoms with Crippen LogP contribution in [-0.4, -0.2) is 63.4 Å². The standard InChI is InChI=1S/C15H20FN3O4/c1-22-14(20)11-2-3-12(16)13(10-11)18-15(21)17-4-5-19-6-8-23-9-7-19/h2-3,10H,4-9H2,1H3,(H2,17,18,21). The van der Waals surface area contributed by atoms with Crippen molar-refractivity contribution in [3.63, 3.8) is 0 Å². The topological polar surface area (TPSA) is 79.9 Å². The lowest BCUT2D eigenvalue weighted by atomic mass is 10.2. The molecule has 7 nitrogen and oxygen atoms in total. The van der Waals surface area contributed by atoms with Crippen LogP contribution >= 0.6 is 0 Å². The number of carbonyl (C=O) groups excluding carboxylic acids is 2. The van der Waals surface area contributed by atoms with Crippen molar-refractivity contribution in [2.45, 2.75) is 0 Å². The quantitative estimate of drug-likeness (QED) is 0.792. The predicted octanol–water partition coefficient (Wildman–Crippen LogP) is 1.07. The summed E-state index contributed by atoms with van der Waals surface area (Å²) in [5.41, 5.74) is 0.0919. The van der Waals surface area contributed by atoms with E-state index in [9.17, 15) is 14.0 Å². The minimum Gasteiger partial charge on any atom is -0.465 e. The van der Waals surface area contributed by atoms with Gasteiger partial charge in [0, 0.05) is 26.2 Å². The van der Waals surface area contributed by atoms with Gasteiger partial charge in [-0.3, -0.25) is 4.90 Å². The van der Waals surface area contributed by atoms with E-state index in [2.05, 4.69) is 20.3 Å². The minimum absolute atomic E-state index is 0.0724. The smallest absolute Gasteiger partial charge is 0.337 e. The monoisotopic (exact) mass is 325 g/mol. The molecule has 2 amide bonds. The number of nitrogens with zero attached hydrogens (tertiary/aromatic N) is 1. The lowest BCUT2D eigenvalue weighted by Crippen LogP contribution is -2.42. The van der Waals surface area contributed by atoms with Gasteiger partial charge in [0.1, 0.15) is 5.82 Å². The number of rotatable bonds is 5. The summed E-state index contributed by atoms with van der Waals surface area (Å²) in [6.45, 7) is 4.18. The van der Waals surface area contributed by atoms with Gasteiger partial charge >= 0.3 is 12.0 Å². The zero-order valence-corrected chi connectivity index (χ0v) is 12.9. The molecule has 0 aromatic heterocycles. The van der Waals surface area contributed by atoms with Crippen LogP contribution in [0.3, 0.4) is 0 Å². The zero-order chi connectivity index (χ0) is 16.7. The molecule has 1 aromatic carbocycles. The van der Waals surface area contributed by atoms with Crippen LogP contribution in [0.4, 0.5) is 14.9 Å². The normalized spacial score (nSPS) is 15.0. The number of halogens is 1. The zero-order valence-electron chi connectivity index (χ0n) is 12.9. The summed E-state index contributed by atoms with van der Waals surface area (Å²) in [6.07, 6.45) is 0. The molecule has 23 heavy (non-hydrogen) atoms. The Morgan fingerprint density at radius 1 is 1.35 bits per heavy atom. The SMILES string of the molecule is COC(=O)c1ccc(F)c(NC(=O)NCCN2CCOCC2)c1. The highest BCUT2D eigenvalue weighted by atomic mass is 19.1. The molecule has 1 aliphatic rings. The van der Waals surface area contributed by atoms with Gasteiger partial charge in [-0.2, -0.15) is 0 Å². The number of hydrogen-bond acceptors (Lipinski definition) is 5. The molecular weight excluding hydrogens is 305 g/mol. The summed E-state index contributed by atoms with van der Waals surface area (Å²) in [5.74, 6) is -1.22. The fourth-order valence-electron chi connectivity index (χ4n) is 2.18. The third-order valence-corrected chi connectivity index (χ3v) is 3.45. The lowest BCUT2D eigenvalue weighted by Gasteiger charge is -2.26. The molecular formula is C15H20FN3O4. The van der Waals surface area contributed by atoms with Gasteiger partial charge in [-0.1, -0.05) is 0 Å². The Morgan fingerprint density at radius 3 is 2.78 bits per heavy atom. The van der Waals surface area contributed by atoms with E-state index in [4.69, 9.17) is 4.74 Å². The van der Waals surface area contributed by atoms with Gasteiger partial charge in [-0.05, 0) is 18.2 Å². The number of methoxy groups -OCH3 is 1. The number of anilines is 1. The van der Waals surface area contributed by atoms with Crippen molar-refractivity contribution in [1.29, 1.82) is 0 Å². The van der Waals surface area contributed by atoms with Crippen molar-refractivity contribution in [2.75, 3.05) is 51.8 Å². The van der Waals surface area contributed by atoms with Gasteiger partial charge < -0.3 is 20.1 Å². The molecule has 1 aliphatic heterocycles. The van der Waals surface area contributed by atoms with Gasteiger partial charge in [0.05, 0.1) is 31.6 Å². The number of hydrogen-bond donors (Lipinski definition) is 2.